The maximum atomic E-state index is 12.4. The van der Waals surface area contributed by atoms with Gasteiger partial charge in [0, 0.05) is 11.5 Å². The molecule has 166 valence electrons. The van der Waals surface area contributed by atoms with Crippen molar-refractivity contribution in [2.45, 2.75) is 84.2 Å². The summed E-state index contributed by atoms with van der Waals surface area (Å²) in [6.45, 7) is 6.78. The molecule has 0 heterocycles. The molecule has 4 aliphatic carbocycles. The van der Waals surface area contributed by atoms with E-state index in [1.54, 1.807) is 0 Å². The van der Waals surface area contributed by atoms with Crippen LogP contribution in [0.3, 0.4) is 0 Å². The average Bonchev–Trinajstić information content (AvgIpc) is 3.11. The largest absolute Gasteiger partial charge is 0.378 e. The van der Waals surface area contributed by atoms with E-state index in [1.165, 1.54) is 32.1 Å². The second-order valence-electron chi connectivity index (χ2n) is 11.8. The summed E-state index contributed by atoms with van der Waals surface area (Å²) in [6, 6.07) is 10.0. The molecular formula is C29H38O2. The monoisotopic (exact) mass is 418 g/mol. The fourth-order valence-electron chi connectivity index (χ4n) is 8.74. The third-order valence-electron chi connectivity index (χ3n) is 10.4. The van der Waals surface area contributed by atoms with Crippen LogP contribution in [0.1, 0.15) is 84.1 Å². The van der Waals surface area contributed by atoms with Crippen molar-refractivity contribution >= 4 is 5.78 Å². The lowest BCUT2D eigenvalue weighted by molar-refractivity contribution is -0.144. The van der Waals surface area contributed by atoms with Crippen LogP contribution in [0, 0.1) is 52.3 Å². The number of rotatable bonds is 1. The minimum Gasteiger partial charge on any atom is -0.378 e. The Morgan fingerprint density at radius 3 is 2.42 bits per heavy atom. The first kappa shape index (κ1) is 21.3. The Bertz CT molecular complexity index is 910. The highest BCUT2D eigenvalue weighted by atomic mass is 16.3. The molecule has 0 aromatic heterocycles. The molecule has 2 nitrogen and oxygen atoms in total. The third-order valence-corrected chi connectivity index (χ3v) is 10.4. The van der Waals surface area contributed by atoms with Gasteiger partial charge in [0.15, 0.2) is 0 Å². The van der Waals surface area contributed by atoms with E-state index < -0.39 is 5.60 Å². The van der Waals surface area contributed by atoms with Crippen LogP contribution in [0.5, 0.6) is 0 Å². The highest BCUT2D eigenvalue weighted by molar-refractivity contribution is 5.79. The third kappa shape index (κ3) is 3.39. The van der Waals surface area contributed by atoms with Gasteiger partial charge in [0.25, 0.3) is 0 Å². The number of carbonyl (C=O) groups excluding carboxylic acids is 1. The number of benzene rings is 1. The van der Waals surface area contributed by atoms with E-state index in [1.807, 2.05) is 37.3 Å². The van der Waals surface area contributed by atoms with Crippen molar-refractivity contribution in [2.24, 2.45) is 40.4 Å². The Balaban J connectivity index is 1.35. The number of ketones is 1. The molecule has 0 unspecified atom stereocenters. The lowest BCUT2D eigenvalue weighted by atomic mass is 9.44. The van der Waals surface area contributed by atoms with Gasteiger partial charge in [-0.15, -0.1) is 0 Å². The van der Waals surface area contributed by atoms with Crippen LogP contribution in [0.4, 0.5) is 0 Å². The lowest BCUT2D eigenvalue weighted by Crippen LogP contribution is -2.56. The van der Waals surface area contributed by atoms with E-state index in [9.17, 15) is 9.90 Å². The first-order chi connectivity index (χ1) is 14.8. The van der Waals surface area contributed by atoms with E-state index in [2.05, 4.69) is 25.7 Å². The van der Waals surface area contributed by atoms with Crippen LogP contribution in [0.2, 0.25) is 0 Å². The molecule has 4 saturated carbocycles. The van der Waals surface area contributed by atoms with Crippen molar-refractivity contribution in [3.05, 3.63) is 35.9 Å². The standard InChI is InChI=1S/C29H38O2/c1-20(30)24-11-12-25-23-10-9-22-19-29(31,16-13-21-7-5-4-6-8-21)18-17-27(22,2)26(23)14-15-28(24,25)3/h4-8,22-26,31H,9-12,14-15,17-19H2,1-3H3/t22-,23+,24-,25+,26+,27+,28-,29-/m1/s1. The fraction of sp³-hybridized carbons (Fsp3) is 0.690. The van der Waals surface area contributed by atoms with Crippen LogP contribution >= 0.6 is 0 Å². The zero-order valence-corrected chi connectivity index (χ0v) is 19.5. The molecule has 31 heavy (non-hydrogen) atoms. The second-order valence-corrected chi connectivity index (χ2v) is 11.8. The molecule has 8 atom stereocenters. The van der Waals surface area contributed by atoms with Gasteiger partial charge in [0.1, 0.15) is 11.4 Å². The van der Waals surface area contributed by atoms with Gasteiger partial charge >= 0.3 is 0 Å². The van der Waals surface area contributed by atoms with Crippen LogP contribution in [-0.4, -0.2) is 16.5 Å². The lowest BCUT2D eigenvalue weighted by Gasteiger charge is -2.61. The first-order valence-corrected chi connectivity index (χ1v) is 12.6. The molecule has 1 aromatic carbocycles. The van der Waals surface area contributed by atoms with Crippen molar-refractivity contribution in [3.8, 4) is 11.8 Å². The second kappa shape index (κ2) is 7.48. The number of hydrogen-bond acceptors (Lipinski definition) is 2. The number of hydrogen-bond donors (Lipinski definition) is 1. The van der Waals surface area contributed by atoms with Gasteiger partial charge in [-0.05, 0) is 111 Å². The van der Waals surface area contributed by atoms with Gasteiger partial charge in [0.05, 0.1) is 0 Å². The molecule has 1 N–H and O–H groups in total. The zero-order valence-electron chi connectivity index (χ0n) is 19.5. The van der Waals surface area contributed by atoms with E-state index in [4.69, 9.17) is 0 Å². The predicted molar refractivity (Wildman–Crippen MR) is 124 cm³/mol. The average molecular weight is 419 g/mol. The summed E-state index contributed by atoms with van der Waals surface area (Å²) in [7, 11) is 0. The number of carbonyl (C=O) groups is 1. The summed E-state index contributed by atoms with van der Waals surface area (Å²) in [5, 5.41) is 11.4. The molecule has 0 saturated heterocycles. The van der Waals surface area contributed by atoms with Crippen molar-refractivity contribution in [1.82, 2.24) is 0 Å². The number of fused-ring (bicyclic) bond motifs is 5. The van der Waals surface area contributed by atoms with Crippen LogP contribution in [0.15, 0.2) is 30.3 Å². The molecule has 0 aliphatic heterocycles. The Hall–Kier alpha value is -1.59. The van der Waals surface area contributed by atoms with Crippen molar-refractivity contribution < 1.29 is 9.90 Å². The van der Waals surface area contributed by atoms with Gasteiger partial charge in [-0.25, -0.2) is 0 Å². The summed E-state index contributed by atoms with van der Waals surface area (Å²) in [5.41, 5.74) is 0.690. The van der Waals surface area contributed by atoms with Gasteiger partial charge in [0.2, 0.25) is 0 Å². The van der Waals surface area contributed by atoms with Crippen molar-refractivity contribution in [1.29, 1.82) is 0 Å². The van der Waals surface area contributed by atoms with Crippen LogP contribution in [0.25, 0.3) is 0 Å². The molecule has 0 radical (unpaired) electrons. The highest BCUT2D eigenvalue weighted by Crippen LogP contribution is 2.68. The van der Waals surface area contributed by atoms with E-state index in [-0.39, 0.29) is 11.3 Å². The quantitative estimate of drug-likeness (QED) is 0.567. The molecule has 4 aliphatic rings. The van der Waals surface area contributed by atoms with Gasteiger partial charge < -0.3 is 5.11 Å². The summed E-state index contributed by atoms with van der Waals surface area (Å²) in [5.74, 6) is 10.0. The topological polar surface area (TPSA) is 37.3 Å². The van der Waals surface area contributed by atoms with Crippen LogP contribution in [-0.2, 0) is 4.79 Å². The van der Waals surface area contributed by atoms with Crippen molar-refractivity contribution in [3.63, 3.8) is 0 Å². The summed E-state index contributed by atoms with van der Waals surface area (Å²) in [6.07, 6.45) is 10.0. The van der Waals surface area contributed by atoms with E-state index >= 15 is 0 Å². The molecular weight excluding hydrogens is 380 g/mol. The molecule has 0 bridgehead atoms. The normalized spacial score (nSPS) is 46.1. The molecule has 5 rings (SSSR count). The van der Waals surface area contributed by atoms with Crippen LogP contribution < -0.4 is 0 Å². The fourth-order valence-corrected chi connectivity index (χ4v) is 8.74. The van der Waals surface area contributed by atoms with E-state index in [0.29, 0.717) is 17.1 Å². The molecule has 2 heteroatoms. The minimum atomic E-state index is -0.844. The first-order valence-electron chi connectivity index (χ1n) is 12.6. The van der Waals surface area contributed by atoms with Gasteiger partial charge in [-0.1, -0.05) is 43.9 Å². The molecule has 1 aromatic rings. The smallest absolute Gasteiger partial charge is 0.133 e. The van der Waals surface area contributed by atoms with Gasteiger partial charge in [-0.2, -0.15) is 0 Å². The molecule has 0 spiro atoms. The SMILES string of the molecule is CC(=O)[C@H]1CC[C@H]2[C@@H]3CC[C@@H]4C[C@@](O)(C#Cc5ccccc5)CC[C@]4(C)[C@H]3CC[C@]12C. The Morgan fingerprint density at radius 1 is 0.935 bits per heavy atom. The summed E-state index contributed by atoms with van der Waals surface area (Å²) < 4.78 is 0. The van der Waals surface area contributed by atoms with Gasteiger partial charge in [-0.3, -0.25) is 4.79 Å². The van der Waals surface area contributed by atoms with E-state index in [0.717, 1.165) is 49.0 Å². The predicted octanol–water partition coefficient (Wildman–Crippen LogP) is 6.02. The Labute approximate surface area is 188 Å². The molecule has 0 amide bonds. The zero-order chi connectivity index (χ0) is 21.9. The maximum absolute atomic E-state index is 12.4. The number of Topliss-reactive ketones (excluding diaryl/α,β-unsaturated/α-hetero) is 1. The molecule has 4 fully saturated rings. The Kier molecular flexibility index (Phi) is 5.13. The minimum absolute atomic E-state index is 0.229. The highest BCUT2D eigenvalue weighted by Gasteiger charge is 2.61. The summed E-state index contributed by atoms with van der Waals surface area (Å²) >= 11 is 0. The summed E-state index contributed by atoms with van der Waals surface area (Å²) in [4.78, 5) is 12.4. The number of aliphatic hydroxyl groups is 1. The Morgan fingerprint density at radius 2 is 1.68 bits per heavy atom. The maximum Gasteiger partial charge on any atom is 0.133 e. The van der Waals surface area contributed by atoms with Crippen molar-refractivity contribution in [2.75, 3.05) is 0 Å².